The van der Waals surface area contributed by atoms with Crippen LogP contribution < -0.4 is 31.4 Å². The fourth-order valence-electron chi connectivity index (χ4n) is 3.02. The van der Waals surface area contributed by atoms with Crippen molar-refractivity contribution in [2.45, 2.75) is 13.0 Å². The van der Waals surface area contributed by atoms with Crippen molar-refractivity contribution in [3.8, 4) is 11.5 Å². The van der Waals surface area contributed by atoms with Crippen LogP contribution in [-0.2, 0) is 14.1 Å². The number of rotatable bonds is 4. The smallest absolute Gasteiger partial charge is 0.332 e. The predicted octanol–water partition coefficient (Wildman–Crippen LogP) is 0.716. The van der Waals surface area contributed by atoms with Crippen LogP contribution in [0.25, 0.3) is 0 Å². The Labute approximate surface area is 149 Å². The number of anilines is 1. The van der Waals surface area contributed by atoms with Crippen LogP contribution in [0.15, 0.2) is 27.8 Å². The molecule has 0 saturated carbocycles. The fraction of sp³-hybridized carbons (Fsp3) is 0.353. The van der Waals surface area contributed by atoms with E-state index in [-0.39, 0.29) is 11.4 Å². The molecular formula is C17H20N4O5. The van der Waals surface area contributed by atoms with E-state index in [1.807, 2.05) is 6.92 Å². The minimum absolute atomic E-state index is 0.181. The minimum atomic E-state index is -0.727. The van der Waals surface area contributed by atoms with Crippen LogP contribution in [0.4, 0.5) is 10.6 Å². The average molecular weight is 360 g/mol. The van der Waals surface area contributed by atoms with Gasteiger partial charge in [0.25, 0.3) is 5.56 Å². The van der Waals surface area contributed by atoms with Crippen LogP contribution in [0.2, 0.25) is 0 Å². The number of methoxy groups -OCH3 is 1. The van der Waals surface area contributed by atoms with Gasteiger partial charge in [-0.25, -0.2) is 9.59 Å². The first-order valence-electron chi connectivity index (χ1n) is 8.07. The molecule has 0 spiro atoms. The van der Waals surface area contributed by atoms with Crippen LogP contribution >= 0.6 is 0 Å². The summed E-state index contributed by atoms with van der Waals surface area (Å²) in [6.45, 7) is 2.28. The summed E-state index contributed by atoms with van der Waals surface area (Å²) in [5, 5.41) is 5.28. The summed E-state index contributed by atoms with van der Waals surface area (Å²) in [7, 11) is 4.44. The zero-order chi connectivity index (χ0) is 19.0. The summed E-state index contributed by atoms with van der Waals surface area (Å²) in [4.78, 5) is 37.0. The maximum Gasteiger partial charge on any atom is 0.332 e. The molecule has 2 amide bonds. The molecule has 0 bridgehead atoms. The standard InChI is InChI=1S/C17H20N4O5/c1-5-26-11-8-9(6-7-10(11)25-4)13-12-14(19-16(23)18-13)20(2)17(24)21(3)15(12)22/h6-8,13H,5H2,1-4H3,(H2,18,19,23). The van der Waals surface area contributed by atoms with Crippen molar-refractivity contribution < 1.29 is 14.3 Å². The van der Waals surface area contributed by atoms with Gasteiger partial charge in [-0.1, -0.05) is 6.07 Å². The van der Waals surface area contributed by atoms with Gasteiger partial charge in [0, 0.05) is 14.1 Å². The molecule has 1 aliphatic rings. The highest BCUT2D eigenvalue weighted by Crippen LogP contribution is 2.34. The maximum atomic E-state index is 12.7. The van der Waals surface area contributed by atoms with Crippen molar-refractivity contribution in [2.75, 3.05) is 19.0 Å². The highest BCUT2D eigenvalue weighted by atomic mass is 16.5. The lowest BCUT2D eigenvalue weighted by molar-refractivity contribution is 0.248. The van der Waals surface area contributed by atoms with E-state index in [0.29, 0.717) is 23.7 Å². The van der Waals surface area contributed by atoms with Crippen LogP contribution in [0.1, 0.15) is 24.1 Å². The van der Waals surface area contributed by atoms with E-state index in [1.54, 1.807) is 18.2 Å². The third-order valence-electron chi connectivity index (χ3n) is 4.32. The lowest BCUT2D eigenvalue weighted by Crippen LogP contribution is -2.49. The van der Waals surface area contributed by atoms with Crippen LogP contribution in [0.5, 0.6) is 11.5 Å². The Morgan fingerprint density at radius 1 is 1.12 bits per heavy atom. The molecule has 1 aliphatic heterocycles. The molecule has 1 aromatic heterocycles. The average Bonchev–Trinajstić information content (AvgIpc) is 2.64. The van der Waals surface area contributed by atoms with Crippen molar-refractivity contribution in [1.82, 2.24) is 14.5 Å². The summed E-state index contributed by atoms with van der Waals surface area (Å²) >= 11 is 0. The fourth-order valence-corrected chi connectivity index (χ4v) is 3.02. The van der Waals surface area contributed by atoms with E-state index < -0.39 is 23.3 Å². The molecule has 2 N–H and O–H groups in total. The molecule has 26 heavy (non-hydrogen) atoms. The Kier molecular flexibility index (Phi) is 4.45. The predicted molar refractivity (Wildman–Crippen MR) is 95.1 cm³/mol. The molecule has 1 aromatic carbocycles. The normalized spacial score (nSPS) is 15.7. The van der Waals surface area contributed by atoms with Gasteiger partial charge in [-0.15, -0.1) is 0 Å². The number of carbonyl (C=O) groups is 1. The van der Waals surface area contributed by atoms with Gasteiger partial charge in [-0.2, -0.15) is 0 Å². The number of fused-ring (bicyclic) bond motifs is 1. The van der Waals surface area contributed by atoms with Crippen molar-refractivity contribution in [3.63, 3.8) is 0 Å². The molecule has 9 nitrogen and oxygen atoms in total. The molecule has 138 valence electrons. The summed E-state index contributed by atoms with van der Waals surface area (Å²) in [6, 6.07) is 3.94. The quantitative estimate of drug-likeness (QED) is 0.836. The van der Waals surface area contributed by atoms with Gasteiger partial charge in [-0.3, -0.25) is 19.2 Å². The van der Waals surface area contributed by atoms with Crippen molar-refractivity contribution in [3.05, 3.63) is 50.2 Å². The van der Waals surface area contributed by atoms with Gasteiger partial charge >= 0.3 is 11.7 Å². The molecule has 0 radical (unpaired) electrons. The monoisotopic (exact) mass is 360 g/mol. The first-order chi connectivity index (χ1) is 12.4. The Balaban J connectivity index is 2.23. The summed E-state index contributed by atoms with van der Waals surface area (Å²) < 4.78 is 13.1. The first kappa shape index (κ1) is 17.6. The number of hydrogen-bond donors (Lipinski definition) is 2. The van der Waals surface area contributed by atoms with Gasteiger partial charge in [0.1, 0.15) is 5.82 Å². The van der Waals surface area contributed by atoms with Crippen molar-refractivity contribution in [2.24, 2.45) is 14.1 Å². The molecule has 3 rings (SSSR count). The van der Waals surface area contributed by atoms with E-state index in [4.69, 9.17) is 9.47 Å². The maximum absolute atomic E-state index is 12.7. The second kappa shape index (κ2) is 6.58. The molecule has 0 saturated heterocycles. The lowest BCUT2D eigenvalue weighted by atomic mass is 9.98. The van der Waals surface area contributed by atoms with Gasteiger partial charge in [0.15, 0.2) is 11.5 Å². The molecule has 2 heterocycles. The lowest BCUT2D eigenvalue weighted by Gasteiger charge is -2.28. The second-order valence-electron chi connectivity index (χ2n) is 5.84. The summed E-state index contributed by atoms with van der Waals surface area (Å²) in [5.74, 6) is 1.23. The Morgan fingerprint density at radius 3 is 2.50 bits per heavy atom. The Morgan fingerprint density at radius 2 is 1.85 bits per heavy atom. The Bertz CT molecular complexity index is 992. The topological polar surface area (TPSA) is 104 Å². The van der Waals surface area contributed by atoms with Crippen molar-refractivity contribution in [1.29, 1.82) is 0 Å². The Hall–Kier alpha value is -3.23. The molecule has 0 aliphatic carbocycles. The summed E-state index contributed by atoms with van der Waals surface area (Å²) in [6.07, 6.45) is 0. The van der Waals surface area contributed by atoms with E-state index in [1.165, 1.54) is 25.8 Å². The second-order valence-corrected chi connectivity index (χ2v) is 5.84. The number of aromatic nitrogens is 2. The van der Waals surface area contributed by atoms with E-state index in [2.05, 4.69) is 10.6 Å². The largest absolute Gasteiger partial charge is 0.493 e. The molecule has 2 aromatic rings. The van der Waals surface area contributed by atoms with E-state index >= 15 is 0 Å². The molecule has 9 heteroatoms. The molecule has 0 fully saturated rings. The number of benzene rings is 1. The number of hydrogen-bond acceptors (Lipinski definition) is 5. The van der Waals surface area contributed by atoms with Gasteiger partial charge in [0.05, 0.1) is 25.3 Å². The van der Waals surface area contributed by atoms with Crippen LogP contribution in [-0.4, -0.2) is 28.9 Å². The van der Waals surface area contributed by atoms with E-state index in [0.717, 1.165) is 4.57 Å². The minimum Gasteiger partial charge on any atom is -0.493 e. The van der Waals surface area contributed by atoms with Gasteiger partial charge in [0.2, 0.25) is 0 Å². The number of ether oxygens (including phenoxy) is 2. The molecular weight excluding hydrogens is 340 g/mol. The van der Waals surface area contributed by atoms with E-state index in [9.17, 15) is 14.4 Å². The van der Waals surface area contributed by atoms with Crippen LogP contribution in [0.3, 0.4) is 0 Å². The highest BCUT2D eigenvalue weighted by molar-refractivity contribution is 5.92. The number of nitrogens with one attached hydrogen (secondary N) is 2. The molecule has 1 atom stereocenters. The first-order valence-corrected chi connectivity index (χ1v) is 8.07. The van der Waals surface area contributed by atoms with Gasteiger partial charge < -0.3 is 14.8 Å². The summed E-state index contributed by atoms with van der Waals surface area (Å²) in [5.41, 5.74) is -0.0725. The SMILES string of the molecule is CCOc1cc(C2NC(=O)Nc3c2c(=O)n(C)c(=O)n3C)ccc1OC. The van der Waals surface area contributed by atoms with Crippen LogP contribution in [0, 0.1) is 0 Å². The number of urea groups is 1. The van der Waals surface area contributed by atoms with Crippen molar-refractivity contribution >= 4 is 11.8 Å². The molecule has 1 unspecified atom stereocenters. The number of carbonyl (C=O) groups excluding carboxylic acids is 1. The third-order valence-corrected chi connectivity index (χ3v) is 4.32. The zero-order valence-electron chi connectivity index (χ0n) is 15.0. The zero-order valence-corrected chi connectivity index (χ0v) is 15.0. The van der Waals surface area contributed by atoms with Gasteiger partial charge in [-0.05, 0) is 24.6 Å². The highest BCUT2D eigenvalue weighted by Gasteiger charge is 2.32. The third kappa shape index (κ3) is 2.71. The number of amides is 2. The number of nitrogens with zero attached hydrogens (tertiary/aromatic N) is 2.